The Kier molecular flexibility index (Phi) is 3.64. The van der Waals surface area contributed by atoms with Crippen LogP contribution in [0, 0.1) is 13.8 Å². The quantitative estimate of drug-likeness (QED) is 0.914. The van der Waals surface area contributed by atoms with Gasteiger partial charge in [-0.15, -0.1) is 0 Å². The zero-order valence-corrected chi connectivity index (χ0v) is 11.6. The average Bonchev–Trinajstić information content (AvgIpc) is 2.79. The van der Waals surface area contributed by atoms with Crippen LogP contribution in [-0.4, -0.2) is 9.97 Å². The summed E-state index contributed by atoms with van der Waals surface area (Å²) in [7, 11) is 0. The summed E-state index contributed by atoms with van der Waals surface area (Å²) >= 11 is 7.75. The lowest BCUT2D eigenvalue weighted by Gasteiger charge is -2.15. The fourth-order valence-electron chi connectivity index (χ4n) is 1.48. The molecular weight excluding hydrogens is 254 g/mol. The summed E-state index contributed by atoms with van der Waals surface area (Å²) in [4.78, 5) is 8.67. The van der Waals surface area contributed by atoms with Crippen LogP contribution < -0.4 is 5.32 Å². The highest BCUT2D eigenvalue weighted by Crippen LogP contribution is 2.24. The second-order valence-corrected chi connectivity index (χ2v) is 5.09. The molecule has 0 aliphatic carbocycles. The van der Waals surface area contributed by atoms with Crippen molar-refractivity contribution in [3.8, 4) is 0 Å². The van der Waals surface area contributed by atoms with Crippen molar-refractivity contribution in [2.75, 3.05) is 5.32 Å². The predicted octanol–water partition coefficient (Wildman–Crippen LogP) is 3.98. The molecule has 17 heavy (non-hydrogen) atoms. The van der Waals surface area contributed by atoms with E-state index in [0.29, 0.717) is 11.0 Å². The van der Waals surface area contributed by atoms with E-state index in [4.69, 9.17) is 11.6 Å². The number of anilines is 1. The second kappa shape index (κ2) is 5.02. The maximum absolute atomic E-state index is 6.07. The van der Waals surface area contributed by atoms with Crippen LogP contribution in [0.25, 0.3) is 0 Å². The molecule has 2 aromatic rings. The molecule has 0 fully saturated rings. The SMILES string of the molecule is Cc1nc(Cl)c(NC(C)c2ccsc2)nc1C. The molecule has 0 spiro atoms. The molecule has 5 heteroatoms. The van der Waals surface area contributed by atoms with Crippen LogP contribution in [0.4, 0.5) is 5.82 Å². The highest BCUT2D eigenvalue weighted by molar-refractivity contribution is 7.07. The van der Waals surface area contributed by atoms with Crippen LogP contribution in [0.1, 0.15) is 29.9 Å². The fraction of sp³-hybridized carbons (Fsp3) is 0.333. The van der Waals surface area contributed by atoms with Gasteiger partial charge < -0.3 is 5.32 Å². The van der Waals surface area contributed by atoms with E-state index in [-0.39, 0.29) is 6.04 Å². The van der Waals surface area contributed by atoms with Gasteiger partial charge in [0.2, 0.25) is 0 Å². The molecule has 0 aliphatic rings. The third kappa shape index (κ3) is 2.76. The van der Waals surface area contributed by atoms with Crippen LogP contribution in [0.15, 0.2) is 16.8 Å². The Hall–Kier alpha value is -1.13. The smallest absolute Gasteiger partial charge is 0.171 e. The molecule has 0 saturated carbocycles. The molecule has 2 rings (SSSR count). The number of hydrogen-bond acceptors (Lipinski definition) is 4. The molecule has 3 nitrogen and oxygen atoms in total. The first kappa shape index (κ1) is 12.3. The summed E-state index contributed by atoms with van der Waals surface area (Å²) in [5.74, 6) is 0.647. The molecule has 1 N–H and O–H groups in total. The largest absolute Gasteiger partial charge is 0.361 e. The molecule has 0 radical (unpaired) electrons. The van der Waals surface area contributed by atoms with E-state index in [0.717, 1.165) is 11.4 Å². The van der Waals surface area contributed by atoms with Crippen LogP contribution in [0.5, 0.6) is 0 Å². The third-order valence-electron chi connectivity index (χ3n) is 2.66. The lowest BCUT2D eigenvalue weighted by atomic mass is 10.2. The first-order chi connectivity index (χ1) is 8.08. The summed E-state index contributed by atoms with van der Waals surface area (Å²) < 4.78 is 0. The lowest BCUT2D eigenvalue weighted by molar-refractivity contribution is 0.870. The van der Waals surface area contributed by atoms with Gasteiger partial charge in [0.05, 0.1) is 17.4 Å². The number of hydrogen-bond donors (Lipinski definition) is 1. The highest BCUT2D eigenvalue weighted by atomic mass is 35.5. The van der Waals surface area contributed by atoms with Crippen LogP contribution in [0.2, 0.25) is 5.15 Å². The van der Waals surface area contributed by atoms with Crippen molar-refractivity contribution in [1.82, 2.24) is 9.97 Å². The first-order valence-electron chi connectivity index (χ1n) is 5.37. The number of thiophene rings is 1. The Morgan fingerprint density at radius 2 is 2.00 bits per heavy atom. The molecule has 0 amide bonds. The summed E-state index contributed by atoms with van der Waals surface area (Å²) in [6.07, 6.45) is 0. The molecule has 1 atom stereocenters. The second-order valence-electron chi connectivity index (χ2n) is 3.96. The van der Waals surface area contributed by atoms with Crippen molar-refractivity contribution in [1.29, 1.82) is 0 Å². The van der Waals surface area contributed by atoms with Gasteiger partial charge in [-0.25, -0.2) is 9.97 Å². The van der Waals surface area contributed by atoms with Crippen molar-refractivity contribution >= 4 is 28.8 Å². The van der Waals surface area contributed by atoms with Crippen molar-refractivity contribution in [2.24, 2.45) is 0 Å². The van der Waals surface area contributed by atoms with Gasteiger partial charge in [0.1, 0.15) is 0 Å². The number of aryl methyl sites for hydroxylation is 2. The molecular formula is C12H14ClN3S. The van der Waals surface area contributed by atoms with Crippen molar-refractivity contribution in [3.63, 3.8) is 0 Å². The van der Waals surface area contributed by atoms with Crippen LogP contribution in [-0.2, 0) is 0 Å². The molecule has 2 aromatic heterocycles. The van der Waals surface area contributed by atoms with Gasteiger partial charge in [-0.2, -0.15) is 11.3 Å². The number of halogens is 1. The van der Waals surface area contributed by atoms with Crippen molar-refractivity contribution in [2.45, 2.75) is 26.8 Å². The zero-order valence-electron chi connectivity index (χ0n) is 9.99. The highest BCUT2D eigenvalue weighted by Gasteiger charge is 2.11. The van der Waals surface area contributed by atoms with Gasteiger partial charge >= 0.3 is 0 Å². The predicted molar refractivity (Wildman–Crippen MR) is 72.9 cm³/mol. The van der Waals surface area contributed by atoms with Crippen LogP contribution >= 0.6 is 22.9 Å². The number of rotatable bonds is 3. The molecule has 1 unspecified atom stereocenters. The van der Waals surface area contributed by atoms with Gasteiger partial charge in [0.15, 0.2) is 11.0 Å². The van der Waals surface area contributed by atoms with Gasteiger partial charge in [-0.05, 0) is 43.2 Å². The maximum atomic E-state index is 6.07. The molecule has 90 valence electrons. The Balaban J connectivity index is 2.22. The molecule has 0 aromatic carbocycles. The van der Waals surface area contributed by atoms with E-state index in [1.54, 1.807) is 11.3 Å². The van der Waals surface area contributed by atoms with Gasteiger partial charge in [-0.1, -0.05) is 11.6 Å². The average molecular weight is 268 g/mol. The number of nitrogens with one attached hydrogen (secondary N) is 1. The summed E-state index contributed by atoms with van der Waals surface area (Å²) in [5, 5.41) is 7.88. The number of aromatic nitrogens is 2. The lowest BCUT2D eigenvalue weighted by Crippen LogP contribution is -2.09. The van der Waals surface area contributed by atoms with E-state index in [1.807, 2.05) is 13.8 Å². The van der Waals surface area contributed by atoms with Crippen molar-refractivity contribution < 1.29 is 0 Å². The number of nitrogens with zero attached hydrogens (tertiary/aromatic N) is 2. The van der Waals surface area contributed by atoms with E-state index in [9.17, 15) is 0 Å². The minimum atomic E-state index is 0.176. The maximum Gasteiger partial charge on any atom is 0.171 e. The first-order valence-corrected chi connectivity index (χ1v) is 6.69. The van der Waals surface area contributed by atoms with E-state index < -0.39 is 0 Å². The minimum Gasteiger partial charge on any atom is -0.361 e. The van der Waals surface area contributed by atoms with Gasteiger partial charge in [-0.3, -0.25) is 0 Å². The molecule has 2 heterocycles. The van der Waals surface area contributed by atoms with E-state index >= 15 is 0 Å². The normalized spacial score (nSPS) is 12.5. The molecule has 0 bridgehead atoms. The Bertz CT molecular complexity index is 511. The topological polar surface area (TPSA) is 37.8 Å². The van der Waals surface area contributed by atoms with Gasteiger partial charge in [0, 0.05) is 0 Å². The molecule has 0 saturated heterocycles. The summed E-state index contributed by atoms with van der Waals surface area (Å²) in [6, 6.07) is 2.26. The molecule has 0 aliphatic heterocycles. The standard InChI is InChI=1S/C12H14ClN3S/c1-7-8(2)15-12(11(13)14-7)16-9(3)10-4-5-17-6-10/h4-6,9H,1-3H3,(H,15,16). The Labute approximate surface area is 110 Å². The van der Waals surface area contributed by atoms with E-state index in [1.165, 1.54) is 5.56 Å². The van der Waals surface area contributed by atoms with Gasteiger partial charge in [0.25, 0.3) is 0 Å². The minimum absolute atomic E-state index is 0.176. The zero-order chi connectivity index (χ0) is 12.4. The Morgan fingerprint density at radius 1 is 1.29 bits per heavy atom. The summed E-state index contributed by atoms with van der Waals surface area (Å²) in [6.45, 7) is 5.91. The van der Waals surface area contributed by atoms with Crippen LogP contribution in [0.3, 0.4) is 0 Å². The monoisotopic (exact) mass is 267 g/mol. The van der Waals surface area contributed by atoms with E-state index in [2.05, 4.69) is 39.0 Å². The Morgan fingerprint density at radius 3 is 2.65 bits per heavy atom. The fourth-order valence-corrected chi connectivity index (χ4v) is 2.46. The third-order valence-corrected chi connectivity index (χ3v) is 3.63. The van der Waals surface area contributed by atoms with Crippen molar-refractivity contribution in [3.05, 3.63) is 38.9 Å². The summed E-state index contributed by atoms with van der Waals surface area (Å²) in [5.41, 5.74) is 2.99.